The Morgan fingerprint density at radius 2 is 1.89 bits per heavy atom. The fourth-order valence-corrected chi connectivity index (χ4v) is 5.66. The fourth-order valence-electron chi connectivity index (χ4n) is 5.37. The van der Waals surface area contributed by atoms with E-state index < -0.39 is 5.76 Å². The molecule has 0 fully saturated rings. The number of H-pyrrole nitrogens is 1. The number of nitrogens with zero attached hydrogens (tertiary/aromatic N) is 5. The van der Waals surface area contributed by atoms with Crippen molar-refractivity contribution in [3.63, 3.8) is 0 Å². The highest BCUT2D eigenvalue weighted by Gasteiger charge is 2.29. The second-order valence-corrected chi connectivity index (χ2v) is 9.59. The zero-order chi connectivity index (χ0) is 25.1. The Balaban J connectivity index is 1.66. The summed E-state index contributed by atoms with van der Waals surface area (Å²) in [5.74, 6) is 0.674. The third kappa shape index (κ3) is 3.36. The number of hydrogen-bond donors (Lipinski definition) is 1. The predicted octanol–water partition coefficient (Wildman–Crippen LogP) is 5.81. The zero-order valence-corrected chi connectivity index (χ0v) is 21.3. The van der Waals surface area contributed by atoms with Crippen LogP contribution in [0.15, 0.2) is 45.7 Å². The Morgan fingerprint density at radius 1 is 1.08 bits per heavy atom. The van der Waals surface area contributed by atoms with Crippen LogP contribution in [-0.2, 0) is 19.3 Å². The molecule has 0 aliphatic carbocycles. The van der Waals surface area contributed by atoms with Gasteiger partial charge in [0.15, 0.2) is 5.65 Å². The molecule has 2 aromatic carbocycles. The number of para-hydroxylation sites is 1. The summed E-state index contributed by atoms with van der Waals surface area (Å²) >= 11 is 6.58. The average Bonchev–Trinajstić information content (AvgIpc) is 3.38. The number of pyridine rings is 1. The maximum atomic E-state index is 11.9. The number of benzene rings is 2. The molecule has 0 spiro atoms. The summed E-state index contributed by atoms with van der Waals surface area (Å²) in [6.45, 7) is 8.26. The van der Waals surface area contributed by atoms with E-state index in [1.54, 1.807) is 0 Å². The molecule has 8 nitrogen and oxygen atoms in total. The lowest BCUT2D eigenvalue weighted by Gasteiger charge is -2.26. The molecule has 0 radical (unpaired) electrons. The zero-order valence-electron chi connectivity index (χ0n) is 20.5. The van der Waals surface area contributed by atoms with Crippen molar-refractivity contribution in [3.05, 3.63) is 85.7 Å². The number of fused-ring (bicyclic) bond motifs is 3. The summed E-state index contributed by atoms with van der Waals surface area (Å²) in [5, 5.41) is 4.65. The minimum Gasteiger partial charge on any atom is -0.294 e. The molecule has 0 saturated carbocycles. The molecule has 36 heavy (non-hydrogen) atoms. The second kappa shape index (κ2) is 8.34. The molecule has 0 amide bonds. The molecule has 6 rings (SSSR count). The van der Waals surface area contributed by atoms with Gasteiger partial charge < -0.3 is 0 Å². The summed E-state index contributed by atoms with van der Waals surface area (Å²) < 4.78 is 7.05. The summed E-state index contributed by atoms with van der Waals surface area (Å²) in [7, 11) is 0. The van der Waals surface area contributed by atoms with Gasteiger partial charge in [0, 0.05) is 12.1 Å². The van der Waals surface area contributed by atoms with Gasteiger partial charge in [0.1, 0.15) is 11.3 Å². The lowest BCUT2D eigenvalue weighted by atomic mass is 9.95. The number of halogens is 1. The SMILES string of the molecule is CCc1nc2c(Cl)cc(C)nc2n1-c1c(C)cc2c(c1C)CCc1ccccc1N2c1noc(=O)[nH]1. The number of aromatic nitrogens is 5. The van der Waals surface area contributed by atoms with Gasteiger partial charge in [-0.15, -0.1) is 0 Å². The van der Waals surface area contributed by atoms with Crippen LogP contribution in [0.3, 0.4) is 0 Å². The largest absolute Gasteiger partial charge is 0.440 e. The van der Waals surface area contributed by atoms with E-state index in [0.717, 1.165) is 64.6 Å². The number of hydrogen-bond acceptors (Lipinski definition) is 6. The summed E-state index contributed by atoms with van der Waals surface area (Å²) in [5.41, 5.74) is 9.82. The lowest BCUT2D eigenvalue weighted by Crippen LogP contribution is -2.16. The first kappa shape index (κ1) is 22.5. The fraction of sp³-hybridized carbons (Fsp3) is 0.259. The van der Waals surface area contributed by atoms with Gasteiger partial charge in [-0.2, -0.15) is 0 Å². The van der Waals surface area contributed by atoms with Gasteiger partial charge in [-0.3, -0.25) is 19.0 Å². The summed E-state index contributed by atoms with van der Waals surface area (Å²) in [6.07, 6.45) is 2.41. The van der Waals surface area contributed by atoms with Gasteiger partial charge in [0.2, 0.25) is 0 Å². The van der Waals surface area contributed by atoms with Gasteiger partial charge in [0.25, 0.3) is 5.95 Å². The van der Waals surface area contributed by atoms with E-state index >= 15 is 0 Å². The van der Waals surface area contributed by atoms with E-state index in [9.17, 15) is 4.79 Å². The van der Waals surface area contributed by atoms with E-state index in [-0.39, 0.29) is 0 Å². The topological polar surface area (TPSA) is 92.8 Å². The molecule has 1 N–H and O–H groups in total. The lowest BCUT2D eigenvalue weighted by molar-refractivity contribution is 0.387. The van der Waals surface area contributed by atoms with Gasteiger partial charge in [-0.1, -0.05) is 36.7 Å². The van der Waals surface area contributed by atoms with Crippen LogP contribution in [0.4, 0.5) is 17.3 Å². The standard InChI is InChI=1S/C27H25ClN6O2/c1-5-22-30-23-19(28)13-15(3)29-25(23)34(22)24-14(2)12-21-18(16(24)4)11-10-17-8-6-7-9-20(17)33(21)26-31-27(35)36-32-26/h6-9,12-13H,5,10-11H2,1-4H3,(H,31,32,35). The van der Waals surface area contributed by atoms with E-state index in [2.05, 4.69) is 47.6 Å². The molecule has 1 aliphatic rings. The first-order valence-electron chi connectivity index (χ1n) is 12.0. The van der Waals surface area contributed by atoms with Crippen molar-refractivity contribution in [3.8, 4) is 5.69 Å². The molecule has 0 atom stereocenters. The molecule has 182 valence electrons. The molecule has 1 aliphatic heterocycles. The van der Waals surface area contributed by atoms with Crippen LogP contribution < -0.4 is 10.7 Å². The van der Waals surface area contributed by atoms with Gasteiger partial charge in [0.05, 0.1) is 22.1 Å². The monoisotopic (exact) mass is 500 g/mol. The van der Waals surface area contributed by atoms with Crippen molar-refractivity contribution in [2.75, 3.05) is 4.90 Å². The third-order valence-electron chi connectivity index (χ3n) is 6.91. The molecule has 5 aromatic rings. The summed E-state index contributed by atoms with van der Waals surface area (Å²) in [4.78, 5) is 26.3. The smallest absolute Gasteiger partial charge is 0.294 e. The van der Waals surface area contributed by atoms with E-state index in [4.69, 9.17) is 26.1 Å². The van der Waals surface area contributed by atoms with Gasteiger partial charge in [-0.05, 0) is 79.2 Å². The van der Waals surface area contributed by atoms with Gasteiger partial charge in [-0.25, -0.2) is 14.8 Å². The summed E-state index contributed by atoms with van der Waals surface area (Å²) in [6, 6.07) is 12.2. The highest BCUT2D eigenvalue weighted by molar-refractivity contribution is 6.34. The first-order valence-corrected chi connectivity index (χ1v) is 12.4. The number of imidazole rings is 1. The van der Waals surface area contributed by atoms with Crippen molar-refractivity contribution in [1.29, 1.82) is 0 Å². The van der Waals surface area contributed by atoms with Crippen LogP contribution in [0, 0.1) is 20.8 Å². The maximum Gasteiger partial charge on any atom is 0.440 e. The second-order valence-electron chi connectivity index (χ2n) is 9.18. The average molecular weight is 501 g/mol. The van der Waals surface area contributed by atoms with Crippen LogP contribution >= 0.6 is 11.6 Å². The van der Waals surface area contributed by atoms with E-state index in [1.807, 2.05) is 36.1 Å². The highest BCUT2D eigenvalue weighted by atomic mass is 35.5. The van der Waals surface area contributed by atoms with Crippen molar-refractivity contribution in [2.24, 2.45) is 0 Å². The van der Waals surface area contributed by atoms with Crippen molar-refractivity contribution < 1.29 is 4.52 Å². The molecule has 0 saturated heterocycles. The van der Waals surface area contributed by atoms with Crippen molar-refractivity contribution >= 4 is 40.1 Å². The maximum absolute atomic E-state index is 11.9. The Kier molecular flexibility index (Phi) is 5.22. The van der Waals surface area contributed by atoms with Crippen LogP contribution in [-0.4, -0.2) is 24.7 Å². The minimum atomic E-state index is -0.589. The molecule has 4 heterocycles. The van der Waals surface area contributed by atoms with Crippen LogP contribution in [0.1, 0.15) is 40.7 Å². The van der Waals surface area contributed by atoms with Crippen LogP contribution in [0.5, 0.6) is 0 Å². The Hall–Kier alpha value is -3.91. The Morgan fingerprint density at radius 3 is 2.64 bits per heavy atom. The quantitative estimate of drug-likeness (QED) is 0.336. The molecule has 0 bridgehead atoms. The predicted molar refractivity (Wildman–Crippen MR) is 140 cm³/mol. The number of rotatable bonds is 3. The number of anilines is 3. The number of nitrogens with one attached hydrogen (secondary N) is 1. The Bertz CT molecular complexity index is 1710. The number of aryl methyl sites for hydroxylation is 4. The van der Waals surface area contributed by atoms with Crippen molar-refractivity contribution in [2.45, 2.75) is 47.0 Å². The highest BCUT2D eigenvalue weighted by Crippen LogP contribution is 2.44. The number of aromatic amines is 1. The van der Waals surface area contributed by atoms with Crippen LogP contribution in [0.2, 0.25) is 5.02 Å². The molecule has 0 unspecified atom stereocenters. The third-order valence-corrected chi connectivity index (χ3v) is 7.20. The molecular formula is C27H25ClN6O2. The van der Waals surface area contributed by atoms with E-state index in [0.29, 0.717) is 16.5 Å². The van der Waals surface area contributed by atoms with Crippen LogP contribution in [0.25, 0.3) is 16.9 Å². The first-order chi connectivity index (χ1) is 17.4. The normalized spacial score (nSPS) is 13.1. The minimum absolute atomic E-state index is 0.355. The van der Waals surface area contributed by atoms with Gasteiger partial charge >= 0.3 is 5.76 Å². The molecule has 3 aromatic heterocycles. The molecular weight excluding hydrogens is 476 g/mol. The molecule has 9 heteroatoms. The van der Waals surface area contributed by atoms with Crippen molar-refractivity contribution in [1.82, 2.24) is 24.7 Å². The van der Waals surface area contributed by atoms with E-state index in [1.165, 1.54) is 11.1 Å². The Labute approximate surface area is 212 Å².